The smallest absolute Gasteiger partial charge is 0.218 e. The van der Waals surface area contributed by atoms with Crippen molar-refractivity contribution < 1.29 is 8.42 Å². The SMILES string of the molecule is Cc1cccc(CS(=O)(=O)N(CCC#N)Cc2ccccn2)c1. The van der Waals surface area contributed by atoms with Gasteiger partial charge in [-0.25, -0.2) is 8.42 Å². The fraction of sp³-hybridized carbons (Fsp3) is 0.294. The lowest BCUT2D eigenvalue weighted by Crippen LogP contribution is -2.32. The Bertz CT molecular complexity index is 783. The van der Waals surface area contributed by atoms with Gasteiger partial charge < -0.3 is 0 Å². The molecule has 6 heteroatoms. The molecule has 1 heterocycles. The first-order valence-electron chi connectivity index (χ1n) is 7.31. The Kier molecular flexibility index (Phi) is 5.85. The standard InChI is InChI=1S/C17H19N3O2S/c1-15-6-4-7-16(12-15)14-23(21,22)20(11-5-9-18)13-17-8-2-3-10-19-17/h2-4,6-8,10,12H,5,11,13-14H2,1H3. The van der Waals surface area contributed by atoms with Crippen molar-refractivity contribution in [2.45, 2.75) is 25.6 Å². The predicted octanol–water partition coefficient (Wildman–Crippen LogP) is 2.64. The second kappa shape index (κ2) is 7.86. The van der Waals surface area contributed by atoms with Gasteiger partial charge in [-0.2, -0.15) is 9.57 Å². The van der Waals surface area contributed by atoms with E-state index in [-0.39, 0.29) is 25.3 Å². The van der Waals surface area contributed by atoms with Gasteiger partial charge in [0.2, 0.25) is 10.0 Å². The molecule has 1 aromatic carbocycles. The van der Waals surface area contributed by atoms with E-state index in [0.717, 1.165) is 11.1 Å². The van der Waals surface area contributed by atoms with Crippen LogP contribution < -0.4 is 0 Å². The summed E-state index contributed by atoms with van der Waals surface area (Å²) in [5, 5.41) is 8.79. The molecule has 0 aliphatic carbocycles. The summed E-state index contributed by atoms with van der Waals surface area (Å²) >= 11 is 0. The van der Waals surface area contributed by atoms with E-state index in [4.69, 9.17) is 5.26 Å². The van der Waals surface area contributed by atoms with Crippen LogP contribution in [-0.4, -0.2) is 24.3 Å². The van der Waals surface area contributed by atoms with Crippen molar-refractivity contribution in [1.29, 1.82) is 5.26 Å². The number of nitriles is 1. The highest BCUT2D eigenvalue weighted by Crippen LogP contribution is 2.15. The third kappa shape index (κ3) is 5.16. The highest BCUT2D eigenvalue weighted by atomic mass is 32.2. The molecule has 0 aliphatic heterocycles. The molecule has 120 valence electrons. The molecule has 0 aliphatic rings. The van der Waals surface area contributed by atoms with Gasteiger partial charge in [-0.3, -0.25) is 4.98 Å². The number of rotatable bonds is 7. The van der Waals surface area contributed by atoms with Crippen LogP contribution in [0, 0.1) is 18.3 Å². The fourth-order valence-electron chi connectivity index (χ4n) is 2.27. The maximum absolute atomic E-state index is 12.7. The average Bonchev–Trinajstić information content (AvgIpc) is 2.52. The topological polar surface area (TPSA) is 74.1 Å². The Morgan fingerprint density at radius 2 is 2.04 bits per heavy atom. The van der Waals surface area contributed by atoms with Crippen LogP contribution in [0.3, 0.4) is 0 Å². The molecule has 0 spiro atoms. The number of hydrogen-bond donors (Lipinski definition) is 0. The Labute approximate surface area is 137 Å². The van der Waals surface area contributed by atoms with E-state index in [1.807, 2.05) is 37.3 Å². The second-order valence-corrected chi connectivity index (χ2v) is 7.28. The minimum absolute atomic E-state index is 0.0764. The van der Waals surface area contributed by atoms with Crippen LogP contribution in [0.2, 0.25) is 0 Å². The molecule has 23 heavy (non-hydrogen) atoms. The number of sulfonamides is 1. The summed E-state index contributed by atoms with van der Waals surface area (Å²) in [7, 11) is -3.52. The highest BCUT2D eigenvalue weighted by molar-refractivity contribution is 7.88. The van der Waals surface area contributed by atoms with Gasteiger partial charge in [-0.1, -0.05) is 35.9 Å². The summed E-state index contributed by atoms with van der Waals surface area (Å²) in [5.41, 5.74) is 2.43. The van der Waals surface area contributed by atoms with Crippen LogP contribution in [0.25, 0.3) is 0 Å². The van der Waals surface area contributed by atoms with Gasteiger partial charge in [0.05, 0.1) is 24.1 Å². The van der Waals surface area contributed by atoms with Gasteiger partial charge in [0, 0.05) is 19.2 Å². The van der Waals surface area contributed by atoms with Gasteiger partial charge in [-0.05, 0) is 24.6 Å². The minimum atomic E-state index is -3.52. The number of benzene rings is 1. The van der Waals surface area contributed by atoms with Crippen molar-refractivity contribution >= 4 is 10.0 Å². The number of pyridine rings is 1. The average molecular weight is 329 g/mol. The summed E-state index contributed by atoms with van der Waals surface area (Å²) in [6.07, 6.45) is 1.78. The summed E-state index contributed by atoms with van der Waals surface area (Å²) in [4.78, 5) is 4.17. The van der Waals surface area contributed by atoms with Crippen molar-refractivity contribution in [3.8, 4) is 6.07 Å². The molecular weight excluding hydrogens is 310 g/mol. The Balaban J connectivity index is 2.20. The predicted molar refractivity (Wildman–Crippen MR) is 88.7 cm³/mol. The van der Waals surface area contributed by atoms with Crippen LogP contribution in [0.4, 0.5) is 0 Å². The van der Waals surface area contributed by atoms with Crippen molar-refractivity contribution in [2.75, 3.05) is 6.54 Å². The zero-order valence-corrected chi connectivity index (χ0v) is 13.8. The van der Waals surface area contributed by atoms with Gasteiger partial charge >= 0.3 is 0 Å². The van der Waals surface area contributed by atoms with E-state index < -0.39 is 10.0 Å². The van der Waals surface area contributed by atoms with Crippen LogP contribution in [0.1, 0.15) is 23.2 Å². The van der Waals surface area contributed by atoms with Crippen LogP contribution in [0.5, 0.6) is 0 Å². The molecule has 0 saturated heterocycles. The second-order valence-electron chi connectivity index (χ2n) is 5.31. The maximum atomic E-state index is 12.7. The van der Waals surface area contributed by atoms with E-state index in [9.17, 15) is 8.42 Å². The first kappa shape index (κ1) is 17.1. The molecule has 0 radical (unpaired) electrons. The van der Waals surface area contributed by atoms with Gasteiger partial charge in [0.15, 0.2) is 0 Å². The number of aryl methyl sites for hydroxylation is 1. The Morgan fingerprint density at radius 1 is 1.22 bits per heavy atom. The van der Waals surface area contributed by atoms with Gasteiger partial charge in [0.25, 0.3) is 0 Å². The summed E-state index contributed by atoms with van der Waals surface area (Å²) in [6.45, 7) is 2.27. The molecule has 0 saturated carbocycles. The largest absolute Gasteiger partial charge is 0.260 e. The molecule has 0 unspecified atom stereocenters. The van der Waals surface area contributed by atoms with Crippen molar-refractivity contribution in [3.05, 3.63) is 65.5 Å². The molecule has 5 nitrogen and oxygen atoms in total. The van der Waals surface area contributed by atoms with Gasteiger partial charge in [-0.15, -0.1) is 0 Å². The van der Waals surface area contributed by atoms with E-state index in [1.165, 1.54) is 4.31 Å². The molecule has 0 fully saturated rings. The zero-order valence-electron chi connectivity index (χ0n) is 13.0. The number of aromatic nitrogens is 1. The van der Waals surface area contributed by atoms with E-state index in [0.29, 0.717) is 5.69 Å². The summed E-state index contributed by atoms with van der Waals surface area (Å²) < 4.78 is 26.8. The molecule has 0 amide bonds. The monoisotopic (exact) mass is 329 g/mol. The third-order valence-electron chi connectivity index (χ3n) is 3.36. The van der Waals surface area contributed by atoms with Gasteiger partial charge in [0.1, 0.15) is 0 Å². The van der Waals surface area contributed by atoms with E-state index in [1.54, 1.807) is 24.4 Å². The normalized spacial score (nSPS) is 11.3. The lowest BCUT2D eigenvalue weighted by molar-refractivity contribution is 0.408. The summed E-state index contributed by atoms with van der Waals surface area (Å²) in [6, 6.07) is 14.8. The molecule has 2 aromatic rings. The fourth-order valence-corrected chi connectivity index (χ4v) is 3.75. The Hall–Kier alpha value is -2.23. The third-order valence-corrected chi connectivity index (χ3v) is 5.16. The van der Waals surface area contributed by atoms with Crippen LogP contribution >= 0.6 is 0 Å². The lowest BCUT2D eigenvalue weighted by Gasteiger charge is -2.21. The summed E-state index contributed by atoms with van der Waals surface area (Å²) in [5.74, 6) is -0.0764. The molecular formula is C17H19N3O2S. The Morgan fingerprint density at radius 3 is 2.70 bits per heavy atom. The van der Waals surface area contributed by atoms with Crippen molar-refractivity contribution in [2.24, 2.45) is 0 Å². The highest BCUT2D eigenvalue weighted by Gasteiger charge is 2.23. The first-order chi connectivity index (χ1) is 11.0. The van der Waals surface area contributed by atoms with E-state index >= 15 is 0 Å². The first-order valence-corrected chi connectivity index (χ1v) is 8.92. The molecule has 2 rings (SSSR count). The maximum Gasteiger partial charge on any atom is 0.218 e. The van der Waals surface area contributed by atoms with E-state index in [2.05, 4.69) is 4.98 Å². The quantitative estimate of drug-likeness (QED) is 0.782. The molecule has 0 N–H and O–H groups in total. The molecule has 0 bridgehead atoms. The van der Waals surface area contributed by atoms with Crippen LogP contribution in [0.15, 0.2) is 48.7 Å². The lowest BCUT2D eigenvalue weighted by atomic mass is 10.2. The van der Waals surface area contributed by atoms with Crippen LogP contribution in [-0.2, 0) is 22.3 Å². The minimum Gasteiger partial charge on any atom is -0.260 e. The molecule has 1 aromatic heterocycles. The number of hydrogen-bond acceptors (Lipinski definition) is 4. The van der Waals surface area contributed by atoms with Crippen molar-refractivity contribution in [1.82, 2.24) is 9.29 Å². The van der Waals surface area contributed by atoms with Crippen molar-refractivity contribution in [3.63, 3.8) is 0 Å². The molecule has 0 atom stereocenters. The number of nitrogens with zero attached hydrogens (tertiary/aromatic N) is 3. The zero-order chi connectivity index (χ0) is 16.7.